The molecule has 2 heteroatoms. The van der Waals surface area contributed by atoms with Crippen LogP contribution >= 0.6 is 0 Å². The van der Waals surface area contributed by atoms with Crippen molar-refractivity contribution in [3.8, 4) is 0 Å². The van der Waals surface area contributed by atoms with Crippen LogP contribution in [-0.2, 0) is 4.79 Å². The van der Waals surface area contributed by atoms with Gasteiger partial charge in [0.2, 0.25) is 0 Å². The Kier molecular flexibility index (Phi) is 2.91. The first kappa shape index (κ1) is 10.2. The molecule has 0 spiro atoms. The van der Waals surface area contributed by atoms with Crippen LogP contribution in [0.2, 0.25) is 0 Å². The molecular formula is C12H21NO. The summed E-state index contributed by atoms with van der Waals surface area (Å²) in [6.45, 7) is 6.47. The first-order valence-electron chi connectivity index (χ1n) is 5.93. The Hall–Kier alpha value is -0.370. The number of carbonyl (C=O) groups is 1. The summed E-state index contributed by atoms with van der Waals surface area (Å²) < 4.78 is 0. The van der Waals surface area contributed by atoms with Crippen LogP contribution in [-0.4, -0.2) is 18.9 Å². The summed E-state index contributed by atoms with van der Waals surface area (Å²) in [5.41, 5.74) is 0. The third-order valence-corrected chi connectivity index (χ3v) is 4.18. The molecule has 0 aromatic rings. The van der Waals surface area contributed by atoms with Crippen molar-refractivity contribution >= 4 is 5.78 Å². The van der Waals surface area contributed by atoms with E-state index in [1.807, 2.05) is 0 Å². The van der Waals surface area contributed by atoms with E-state index in [2.05, 4.69) is 19.2 Å². The molecule has 0 aromatic carbocycles. The molecule has 0 amide bonds. The number of ketones is 1. The minimum atomic E-state index is 0.348. The molecule has 80 valence electrons. The molecule has 0 radical (unpaired) electrons. The van der Waals surface area contributed by atoms with Gasteiger partial charge in [0.05, 0.1) is 0 Å². The number of carbonyl (C=O) groups excluding carboxylic acids is 1. The van der Waals surface area contributed by atoms with Crippen LogP contribution in [0.1, 0.15) is 33.1 Å². The molecule has 1 saturated carbocycles. The highest BCUT2D eigenvalue weighted by atomic mass is 16.1. The molecule has 2 aliphatic rings. The van der Waals surface area contributed by atoms with Gasteiger partial charge in [-0.15, -0.1) is 0 Å². The van der Waals surface area contributed by atoms with E-state index in [0.29, 0.717) is 17.6 Å². The molecular weight excluding hydrogens is 174 g/mol. The summed E-state index contributed by atoms with van der Waals surface area (Å²) in [6.07, 6.45) is 3.52. The molecule has 3 unspecified atom stereocenters. The molecule has 1 saturated heterocycles. The zero-order chi connectivity index (χ0) is 10.1. The van der Waals surface area contributed by atoms with E-state index in [9.17, 15) is 4.79 Å². The first-order chi connectivity index (χ1) is 6.68. The largest absolute Gasteiger partial charge is 0.315 e. The number of hydrogen-bond acceptors (Lipinski definition) is 2. The maximum Gasteiger partial charge on any atom is 0.141 e. The van der Waals surface area contributed by atoms with Gasteiger partial charge in [-0.05, 0) is 31.1 Å². The van der Waals surface area contributed by atoms with E-state index in [0.717, 1.165) is 37.8 Å². The van der Waals surface area contributed by atoms with Gasteiger partial charge < -0.3 is 5.32 Å². The van der Waals surface area contributed by atoms with Crippen LogP contribution in [0.3, 0.4) is 0 Å². The summed E-state index contributed by atoms with van der Waals surface area (Å²) in [5.74, 6) is 2.83. The Balaban J connectivity index is 1.88. The maximum absolute atomic E-state index is 12.0. The Labute approximate surface area is 86.5 Å². The fraction of sp³-hybridized carbons (Fsp3) is 0.917. The van der Waals surface area contributed by atoms with Crippen LogP contribution < -0.4 is 5.32 Å². The molecule has 3 atom stereocenters. The standard InChI is InChI=1S/C12H21NO/c1-8-3-4-10(5-9(8)2)12(14)11-6-13-7-11/h8-11,13H,3-7H2,1-2H3. The lowest BCUT2D eigenvalue weighted by molar-refractivity contribution is -0.130. The molecule has 2 rings (SSSR count). The van der Waals surface area contributed by atoms with E-state index >= 15 is 0 Å². The number of rotatable bonds is 2. The summed E-state index contributed by atoms with van der Waals surface area (Å²) in [5, 5.41) is 3.18. The predicted molar refractivity (Wildman–Crippen MR) is 57.0 cm³/mol. The molecule has 1 heterocycles. The smallest absolute Gasteiger partial charge is 0.141 e. The van der Waals surface area contributed by atoms with Crippen LogP contribution in [0.15, 0.2) is 0 Å². The number of nitrogens with one attached hydrogen (secondary N) is 1. The third kappa shape index (κ3) is 1.85. The summed E-state index contributed by atoms with van der Waals surface area (Å²) in [7, 11) is 0. The fourth-order valence-corrected chi connectivity index (χ4v) is 2.63. The highest BCUT2D eigenvalue weighted by molar-refractivity contribution is 5.84. The first-order valence-corrected chi connectivity index (χ1v) is 5.93. The number of hydrogen-bond donors (Lipinski definition) is 1. The Bertz CT molecular complexity index is 222. The minimum Gasteiger partial charge on any atom is -0.315 e. The van der Waals surface area contributed by atoms with Crippen molar-refractivity contribution in [3.05, 3.63) is 0 Å². The normalized spacial score (nSPS) is 39.1. The van der Waals surface area contributed by atoms with Crippen molar-refractivity contribution < 1.29 is 4.79 Å². The summed E-state index contributed by atoms with van der Waals surface area (Å²) in [6, 6.07) is 0. The Morgan fingerprint density at radius 3 is 2.29 bits per heavy atom. The van der Waals surface area contributed by atoms with Gasteiger partial charge in [0.25, 0.3) is 0 Å². The van der Waals surface area contributed by atoms with Crippen LogP contribution in [0.25, 0.3) is 0 Å². The Morgan fingerprint density at radius 2 is 1.79 bits per heavy atom. The summed E-state index contributed by atoms with van der Waals surface area (Å²) >= 11 is 0. The van der Waals surface area contributed by atoms with Crippen molar-refractivity contribution in [2.24, 2.45) is 23.7 Å². The lowest BCUT2D eigenvalue weighted by Crippen LogP contribution is -2.49. The topological polar surface area (TPSA) is 29.1 Å². The lowest BCUT2D eigenvalue weighted by atomic mass is 9.72. The van der Waals surface area contributed by atoms with Gasteiger partial charge in [-0.2, -0.15) is 0 Å². The highest BCUT2D eigenvalue weighted by Gasteiger charge is 2.34. The molecule has 0 bridgehead atoms. The molecule has 1 N–H and O–H groups in total. The van der Waals surface area contributed by atoms with E-state index in [1.165, 1.54) is 6.42 Å². The Morgan fingerprint density at radius 1 is 1.07 bits per heavy atom. The van der Waals surface area contributed by atoms with Crippen molar-refractivity contribution in [3.63, 3.8) is 0 Å². The molecule has 2 fully saturated rings. The van der Waals surface area contributed by atoms with Gasteiger partial charge in [-0.1, -0.05) is 13.8 Å². The molecule has 1 aliphatic heterocycles. The summed E-state index contributed by atoms with van der Waals surface area (Å²) in [4.78, 5) is 12.0. The van der Waals surface area contributed by atoms with Gasteiger partial charge in [-0.25, -0.2) is 0 Å². The quantitative estimate of drug-likeness (QED) is 0.728. The molecule has 1 aliphatic carbocycles. The van der Waals surface area contributed by atoms with Gasteiger partial charge in [0, 0.05) is 24.9 Å². The second kappa shape index (κ2) is 4.01. The van der Waals surface area contributed by atoms with E-state index in [4.69, 9.17) is 0 Å². The van der Waals surface area contributed by atoms with Gasteiger partial charge in [0.1, 0.15) is 5.78 Å². The predicted octanol–water partition coefficient (Wildman–Crippen LogP) is 1.85. The molecule has 14 heavy (non-hydrogen) atoms. The lowest BCUT2D eigenvalue weighted by Gasteiger charge is -2.35. The van der Waals surface area contributed by atoms with Gasteiger partial charge >= 0.3 is 0 Å². The third-order valence-electron chi connectivity index (χ3n) is 4.18. The maximum atomic E-state index is 12.0. The number of Topliss-reactive ketones (excluding diaryl/α,β-unsaturated/α-hetero) is 1. The molecule has 0 aromatic heterocycles. The van der Waals surface area contributed by atoms with Gasteiger partial charge in [0.15, 0.2) is 0 Å². The average Bonchev–Trinajstić information content (AvgIpc) is 2.06. The zero-order valence-electron chi connectivity index (χ0n) is 9.25. The molecule has 2 nitrogen and oxygen atoms in total. The van der Waals surface area contributed by atoms with Crippen LogP contribution in [0.5, 0.6) is 0 Å². The zero-order valence-corrected chi connectivity index (χ0v) is 9.25. The second-order valence-corrected chi connectivity index (χ2v) is 5.22. The minimum absolute atomic E-state index is 0.348. The van der Waals surface area contributed by atoms with E-state index < -0.39 is 0 Å². The van der Waals surface area contributed by atoms with E-state index in [-0.39, 0.29) is 0 Å². The van der Waals surface area contributed by atoms with Crippen LogP contribution in [0, 0.1) is 23.7 Å². The van der Waals surface area contributed by atoms with Crippen molar-refractivity contribution in [1.82, 2.24) is 5.32 Å². The second-order valence-electron chi connectivity index (χ2n) is 5.22. The van der Waals surface area contributed by atoms with Crippen molar-refractivity contribution in [2.45, 2.75) is 33.1 Å². The van der Waals surface area contributed by atoms with Crippen LogP contribution in [0.4, 0.5) is 0 Å². The van der Waals surface area contributed by atoms with Crippen molar-refractivity contribution in [1.29, 1.82) is 0 Å². The van der Waals surface area contributed by atoms with E-state index in [1.54, 1.807) is 0 Å². The van der Waals surface area contributed by atoms with Crippen molar-refractivity contribution in [2.75, 3.05) is 13.1 Å². The van der Waals surface area contributed by atoms with Gasteiger partial charge in [-0.3, -0.25) is 4.79 Å². The SMILES string of the molecule is CC1CCC(C(=O)C2CNC2)CC1C. The fourth-order valence-electron chi connectivity index (χ4n) is 2.63. The highest BCUT2D eigenvalue weighted by Crippen LogP contribution is 2.35. The average molecular weight is 195 g/mol. The monoisotopic (exact) mass is 195 g/mol.